The second-order valence-electron chi connectivity index (χ2n) is 6.73. The largest absolute Gasteiger partial charge is 0.499 e. The molecule has 0 aliphatic rings. The number of allylic oxidation sites excluding steroid dienone is 1. The smallest absolute Gasteiger partial charge is 0.0888 e. The van der Waals surface area contributed by atoms with Crippen LogP contribution in [-0.2, 0) is 4.74 Å². The lowest BCUT2D eigenvalue weighted by Gasteiger charge is -2.09. The van der Waals surface area contributed by atoms with E-state index in [1.807, 2.05) is 0 Å². The molecule has 0 radical (unpaired) electrons. The molecule has 0 aromatic rings. The molecular formula is C21H42O. The summed E-state index contributed by atoms with van der Waals surface area (Å²) in [5.41, 5.74) is 0. The Morgan fingerprint density at radius 3 is 1.50 bits per heavy atom. The quantitative estimate of drug-likeness (QED) is 0.185. The predicted molar refractivity (Wildman–Crippen MR) is 100 cm³/mol. The third kappa shape index (κ3) is 17.6. The summed E-state index contributed by atoms with van der Waals surface area (Å²) in [6.45, 7) is 9.43. The molecule has 0 aliphatic carbocycles. The number of rotatable bonds is 18. The van der Waals surface area contributed by atoms with E-state index in [1.54, 1.807) is 0 Å². The van der Waals surface area contributed by atoms with Crippen molar-refractivity contribution in [2.75, 3.05) is 6.61 Å². The number of hydrogen-bond donors (Lipinski definition) is 0. The molecule has 0 atom stereocenters. The van der Waals surface area contributed by atoms with E-state index in [4.69, 9.17) is 4.74 Å². The third-order valence-corrected chi connectivity index (χ3v) is 4.36. The average Bonchev–Trinajstić information content (AvgIpc) is 2.52. The molecule has 1 nitrogen and oxygen atoms in total. The van der Waals surface area contributed by atoms with Gasteiger partial charge in [0.05, 0.1) is 12.4 Å². The van der Waals surface area contributed by atoms with Crippen molar-refractivity contribution in [2.24, 2.45) is 0 Å². The van der Waals surface area contributed by atoms with Crippen molar-refractivity contribution in [3.05, 3.63) is 12.3 Å². The van der Waals surface area contributed by atoms with Crippen molar-refractivity contribution >= 4 is 0 Å². The Morgan fingerprint density at radius 1 is 0.591 bits per heavy atom. The van der Waals surface area contributed by atoms with Crippen LogP contribution in [0, 0.1) is 0 Å². The minimum atomic E-state index is 0.872. The number of hydrogen-bond acceptors (Lipinski definition) is 1. The zero-order valence-corrected chi connectivity index (χ0v) is 15.6. The van der Waals surface area contributed by atoms with Crippen molar-refractivity contribution in [1.82, 2.24) is 0 Å². The lowest BCUT2D eigenvalue weighted by atomic mass is 10.1. The maximum Gasteiger partial charge on any atom is 0.0888 e. The molecule has 0 heterocycles. The average molecular weight is 311 g/mol. The Balaban J connectivity index is 3.10. The predicted octanol–water partition coefficient (Wildman–Crippen LogP) is 7.80. The normalized spacial score (nSPS) is 10.8. The van der Waals surface area contributed by atoms with Gasteiger partial charge >= 0.3 is 0 Å². The lowest BCUT2D eigenvalue weighted by molar-refractivity contribution is 0.195. The van der Waals surface area contributed by atoms with E-state index in [0.29, 0.717) is 0 Å². The van der Waals surface area contributed by atoms with E-state index in [9.17, 15) is 0 Å². The van der Waals surface area contributed by atoms with Crippen LogP contribution in [-0.4, -0.2) is 6.61 Å². The summed E-state index contributed by atoms with van der Waals surface area (Å²) in [4.78, 5) is 0. The van der Waals surface area contributed by atoms with Crippen LogP contribution >= 0.6 is 0 Å². The Labute approximate surface area is 140 Å². The van der Waals surface area contributed by atoms with Crippen LogP contribution in [0.25, 0.3) is 0 Å². The van der Waals surface area contributed by atoms with Gasteiger partial charge in [-0.05, 0) is 12.8 Å². The summed E-state index contributed by atoms with van der Waals surface area (Å²) in [5.74, 6) is 1.01. The van der Waals surface area contributed by atoms with Gasteiger partial charge < -0.3 is 4.74 Å². The van der Waals surface area contributed by atoms with Gasteiger partial charge in [-0.3, -0.25) is 0 Å². The summed E-state index contributed by atoms with van der Waals surface area (Å²) < 4.78 is 5.69. The summed E-state index contributed by atoms with van der Waals surface area (Å²) in [5, 5.41) is 0. The van der Waals surface area contributed by atoms with Gasteiger partial charge in [0, 0.05) is 6.42 Å². The van der Waals surface area contributed by atoms with Crippen molar-refractivity contribution < 1.29 is 4.74 Å². The standard InChI is InChI=1S/C21H42O/c1-4-6-8-10-11-12-13-14-15-16-17-19-21(3)22-20-18-9-7-5-2/h3-20H2,1-2H3. The van der Waals surface area contributed by atoms with Gasteiger partial charge in [-0.2, -0.15) is 0 Å². The minimum Gasteiger partial charge on any atom is -0.499 e. The molecule has 0 N–H and O–H groups in total. The molecule has 0 bridgehead atoms. The first kappa shape index (κ1) is 21.5. The van der Waals surface area contributed by atoms with Crippen LogP contribution < -0.4 is 0 Å². The van der Waals surface area contributed by atoms with E-state index < -0.39 is 0 Å². The molecule has 132 valence electrons. The first-order valence-electron chi connectivity index (χ1n) is 10.1. The minimum absolute atomic E-state index is 0.872. The molecule has 0 aromatic carbocycles. The van der Waals surface area contributed by atoms with Crippen molar-refractivity contribution in [1.29, 1.82) is 0 Å². The third-order valence-electron chi connectivity index (χ3n) is 4.36. The summed E-state index contributed by atoms with van der Waals surface area (Å²) >= 11 is 0. The Bertz CT molecular complexity index is 222. The SMILES string of the molecule is C=C(CCCCCCCCCCCCC)OCCCCCC. The van der Waals surface area contributed by atoms with E-state index in [-0.39, 0.29) is 0 Å². The molecule has 22 heavy (non-hydrogen) atoms. The molecular weight excluding hydrogens is 268 g/mol. The highest BCUT2D eigenvalue weighted by Crippen LogP contribution is 2.14. The van der Waals surface area contributed by atoms with E-state index in [1.165, 1.54) is 96.3 Å². The molecule has 1 heteroatoms. The van der Waals surface area contributed by atoms with Crippen molar-refractivity contribution in [3.8, 4) is 0 Å². The summed E-state index contributed by atoms with van der Waals surface area (Å²) in [7, 11) is 0. The molecule has 0 amide bonds. The lowest BCUT2D eigenvalue weighted by Crippen LogP contribution is -1.94. The van der Waals surface area contributed by atoms with Gasteiger partial charge in [-0.15, -0.1) is 0 Å². The molecule has 0 saturated heterocycles. The van der Waals surface area contributed by atoms with Gasteiger partial charge in [0.25, 0.3) is 0 Å². The fourth-order valence-corrected chi connectivity index (χ4v) is 2.80. The van der Waals surface area contributed by atoms with Crippen LogP contribution in [0.4, 0.5) is 0 Å². The van der Waals surface area contributed by atoms with Crippen LogP contribution in [0.3, 0.4) is 0 Å². The topological polar surface area (TPSA) is 9.23 Å². The van der Waals surface area contributed by atoms with E-state index in [0.717, 1.165) is 18.8 Å². The van der Waals surface area contributed by atoms with Gasteiger partial charge in [-0.1, -0.05) is 104 Å². The second-order valence-corrected chi connectivity index (χ2v) is 6.73. The van der Waals surface area contributed by atoms with E-state index in [2.05, 4.69) is 20.4 Å². The van der Waals surface area contributed by atoms with Crippen molar-refractivity contribution in [2.45, 2.75) is 117 Å². The zero-order valence-electron chi connectivity index (χ0n) is 15.6. The van der Waals surface area contributed by atoms with Gasteiger partial charge in [0.1, 0.15) is 0 Å². The molecule has 0 aromatic heterocycles. The molecule has 0 aliphatic heterocycles. The molecule has 0 spiro atoms. The highest BCUT2D eigenvalue weighted by molar-refractivity contribution is 4.81. The highest BCUT2D eigenvalue weighted by atomic mass is 16.5. The first-order valence-corrected chi connectivity index (χ1v) is 10.1. The number of unbranched alkanes of at least 4 members (excludes halogenated alkanes) is 13. The van der Waals surface area contributed by atoms with Crippen LogP contribution in [0.5, 0.6) is 0 Å². The Morgan fingerprint density at radius 2 is 1.00 bits per heavy atom. The van der Waals surface area contributed by atoms with E-state index >= 15 is 0 Å². The van der Waals surface area contributed by atoms with Crippen molar-refractivity contribution in [3.63, 3.8) is 0 Å². The molecule has 0 fully saturated rings. The van der Waals surface area contributed by atoms with Gasteiger partial charge in [-0.25, -0.2) is 0 Å². The molecule has 0 unspecified atom stereocenters. The zero-order chi connectivity index (χ0) is 16.3. The first-order chi connectivity index (χ1) is 10.8. The Kier molecular flexibility index (Phi) is 18.2. The maximum absolute atomic E-state index is 5.69. The van der Waals surface area contributed by atoms with Crippen LogP contribution in [0.15, 0.2) is 12.3 Å². The van der Waals surface area contributed by atoms with Gasteiger partial charge in [0.2, 0.25) is 0 Å². The monoisotopic (exact) mass is 310 g/mol. The second kappa shape index (κ2) is 18.6. The Hall–Kier alpha value is -0.460. The van der Waals surface area contributed by atoms with Gasteiger partial charge in [0.15, 0.2) is 0 Å². The maximum atomic E-state index is 5.69. The summed E-state index contributed by atoms with van der Waals surface area (Å²) in [6.07, 6.45) is 21.5. The molecule has 0 saturated carbocycles. The summed E-state index contributed by atoms with van der Waals surface area (Å²) in [6, 6.07) is 0. The molecule has 0 rings (SSSR count). The van der Waals surface area contributed by atoms with Crippen LogP contribution in [0.1, 0.15) is 117 Å². The fourth-order valence-electron chi connectivity index (χ4n) is 2.80. The highest BCUT2D eigenvalue weighted by Gasteiger charge is 1.97. The van der Waals surface area contributed by atoms with Crippen LogP contribution in [0.2, 0.25) is 0 Å². The number of ether oxygens (including phenoxy) is 1. The fraction of sp³-hybridized carbons (Fsp3) is 0.905.